The Kier molecular flexibility index (Phi) is 11.5. The van der Waals surface area contributed by atoms with Crippen LogP contribution in [0.1, 0.15) is 11.1 Å². The average Bonchev–Trinajstić information content (AvgIpc) is 3.00. The summed E-state index contributed by atoms with van der Waals surface area (Å²) in [7, 11) is 0. The largest absolute Gasteiger partial charge is 0.369 e. The van der Waals surface area contributed by atoms with Gasteiger partial charge in [0.05, 0.1) is 38.6 Å². The lowest BCUT2D eigenvalue weighted by Gasteiger charge is -2.34. The molecule has 7 heteroatoms. The van der Waals surface area contributed by atoms with Crippen molar-refractivity contribution < 1.29 is 27.7 Å². The fourth-order valence-corrected chi connectivity index (χ4v) is 4.26. The predicted molar refractivity (Wildman–Crippen MR) is 136 cm³/mol. The maximum Gasteiger partial charge on any atom is 0.123 e. The topological polar surface area (TPSA) is 40.2 Å². The van der Waals surface area contributed by atoms with Crippen molar-refractivity contribution in [1.29, 1.82) is 0 Å². The van der Waals surface area contributed by atoms with Crippen molar-refractivity contribution in [3.8, 4) is 0 Å². The van der Waals surface area contributed by atoms with Gasteiger partial charge in [-0.05, 0) is 35.4 Å². The summed E-state index contributed by atoms with van der Waals surface area (Å²) in [4.78, 5) is 2.15. The Hall–Kier alpha value is -2.68. The summed E-state index contributed by atoms with van der Waals surface area (Å²) in [5, 5.41) is 0. The lowest BCUT2D eigenvalue weighted by Crippen LogP contribution is -2.49. The van der Waals surface area contributed by atoms with Crippen molar-refractivity contribution in [2.75, 3.05) is 32.8 Å². The lowest BCUT2D eigenvalue weighted by molar-refractivity contribution is -0.164. The molecule has 1 fully saturated rings. The Labute approximate surface area is 212 Å². The molecule has 0 aliphatic carbocycles. The zero-order chi connectivity index (χ0) is 25.8. The van der Waals surface area contributed by atoms with Crippen molar-refractivity contribution in [3.05, 3.63) is 109 Å². The number of likely N-dealkylation sites (tertiary alicyclic amines) is 1. The minimum Gasteiger partial charge on any atom is -0.369 e. The first-order valence-electron chi connectivity index (χ1n) is 12.0. The smallest absolute Gasteiger partial charge is 0.123 e. The van der Waals surface area contributed by atoms with Crippen molar-refractivity contribution in [3.63, 3.8) is 0 Å². The maximum atomic E-state index is 13.7. The Bertz CT molecular complexity index is 912. The van der Waals surface area contributed by atoms with Crippen LogP contribution in [0.25, 0.3) is 0 Å². The Morgan fingerprint density at radius 1 is 0.722 bits per heavy atom. The molecule has 0 amide bonds. The number of ether oxygens (including phenoxy) is 4. The van der Waals surface area contributed by atoms with Crippen molar-refractivity contribution in [2.24, 2.45) is 0 Å². The highest BCUT2D eigenvalue weighted by atomic mass is 19.1. The molecule has 0 spiro atoms. The van der Waals surface area contributed by atoms with Crippen LogP contribution in [-0.4, -0.2) is 62.2 Å². The Morgan fingerprint density at radius 2 is 1.19 bits per heavy atom. The Balaban J connectivity index is 1.87. The molecule has 36 heavy (non-hydrogen) atoms. The van der Waals surface area contributed by atoms with Crippen LogP contribution >= 0.6 is 0 Å². The van der Waals surface area contributed by atoms with E-state index in [0.29, 0.717) is 19.6 Å². The second kappa shape index (κ2) is 14.8. The van der Waals surface area contributed by atoms with E-state index in [0.717, 1.165) is 11.1 Å². The van der Waals surface area contributed by atoms with Gasteiger partial charge >= 0.3 is 0 Å². The molecule has 0 saturated carbocycles. The van der Waals surface area contributed by atoms with Crippen molar-refractivity contribution in [2.45, 2.75) is 37.6 Å². The molecule has 1 heterocycles. The van der Waals surface area contributed by atoms with Crippen LogP contribution in [0.15, 0.2) is 86.5 Å². The van der Waals surface area contributed by atoms with Gasteiger partial charge in [0.1, 0.15) is 23.8 Å². The summed E-state index contributed by atoms with van der Waals surface area (Å²) >= 11 is 0. The van der Waals surface area contributed by atoms with E-state index in [4.69, 9.17) is 18.9 Å². The van der Waals surface area contributed by atoms with Crippen LogP contribution in [-0.2, 0) is 32.2 Å². The molecule has 1 aliphatic rings. The number of hydrogen-bond acceptors (Lipinski definition) is 5. The number of nitrogens with zero attached hydrogens (tertiary/aromatic N) is 1. The van der Waals surface area contributed by atoms with E-state index in [1.54, 1.807) is 24.3 Å². The molecule has 0 bridgehead atoms. The van der Waals surface area contributed by atoms with Gasteiger partial charge in [0.2, 0.25) is 0 Å². The summed E-state index contributed by atoms with van der Waals surface area (Å²) in [5.41, 5.74) is 1.44. The summed E-state index contributed by atoms with van der Waals surface area (Å²) in [6.07, 6.45) is 3.31. The second-order valence-electron chi connectivity index (χ2n) is 8.64. The molecule has 5 nitrogen and oxygen atoms in total. The van der Waals surface area contributed by atoms with Gasteiger partial charge in [0.25, 0.3) is 0 Å². The van der Waals surface area contributed by atoms with E-state index in [2.05, 4.69) is 24.6 Å². The van der Waals surface area contributed by atoms with Crippen molar-refractivity contribution in [1.82, 2.24) is 4.90 Å². The summed E-state index contributed by atoms with van der Waals surface area (Å²) in [6, 6.07) is 12.7. The fourth-order valence-electron chi connectivity index (χ4n) is 4.26. The number of halogens is 2. The molecule has 2 aromatic carbocycles. The summed E-state index contributed by atoms with van der Waals surface area (Å²) < 4.78 is 52.5. The summed E-state index contributed by atoms with van der Waals surface area (Å²) in [5.74, 6) is -0.634. The van der Waals surface area contributed by atoms with E-state index in [1.807, 2.05) is 18.2 Å². The van der Waals surface area contributed by atoms with Crippen LogP contribution in [0.2, 0.25) is 0 Å². The monoisotopic (exact) mass is 499 g/mol. The molecule has 1 saturated heterocycles. The minimum atomic E-state index is -0.510. The first-order chi connectivity index (χ1) is 17.5. The molecular formula is C29H35F2NO4. The highest BCUT2D eigenvalue weighted by Gasteiger charge is 2.42. The van der Waals surface area contributed by atoms with Gasteiger partial charge < -0.3 is 18.9 Å². The quantitative estimate of drug-likeness (QED) is 0.339. The number of rotatable bonds is 14. The predicted octanol–water partition coefficient (Wildman–Crippen LogP) is 5.08. The van der Waals surface area contributed by atoms with Gasteiger partial charge in [0.15, 0.2) is 0 Å². The third kappa shape index (κ3) is 8.47. The first kappa shape index (κ1) is 27.9. The molecule has 2 aromatic rings. The van der Waals surface area contributed by atoms with Crippen LogP contribution in [0.5, 0.6) is 0 Å². The highest BCUT2D eigenvalue weighted by molar-refractivity contribution is 5.16. The zero-order valence-electron chi connectivity index (χ0n) is 20.6. The van der Waals surface area contributed by atoms with E-state index in [1.165, 1.54) is 24.3 Å². The molecule has 0 aromatic heterocycles. The van der Waals surface area contributed by atoms with Gasteiger partial charge in [-0.25, -0.2) is 8.78 Å². The summed E-state index contributed by atoms with van der Waals surface area (Å²) in [6.45, 7) is 14.1. The third-order valence-corrected chi connectivity index (χ3v) is 5.84. The number of benzene rings is 2. The highest BCUT2D eigenvalue weighted by Crippen LogP contribution is 2.25. The van der Waals surface area contributed by atoms with Crippen LogP contribution in [0, 0.1) is 11.6 Å². The molecule has 4 atom stereocenters. The molecule has 1 aliphatic heterocycles. The van der Waals surface area contributed by atoms with Gasteiger partial charge in [-0.3, -0.25) is 4.90 Å². The average molecular weight is 500 g/mol. The molecule has 3 rings (SSSR count). The normalized spacial score (nSPS) is 22.6. The van der Waals surface area contributed by atoms with Gasteiger partial charge in [-0.1, -0.05) is 42.5 Å². The SMILES string of the molecule is C=CCO[C@H]1[C@H](OCC=C)[C@@H](OCc2cccc(F)c2)CN(CC=C)C[C@@H]1OCc1cccc(F)c1. The van der Waals surface area contributed by atoms with E-state index in [-0.39, 0.29) is 38.1 Å². The zero-order valence-corrected chi connectivity index (χ0v) is 20.6. The molecular weight excluding hydrogens is 464 g/mol. The van der Waals surface area contributed by atoms with Crippen molar-refractivity contribution >= 4 is 0 Å². The fraction of sp³-hybridized carbons (Fsp3) is 0.379. The second-order valence-corrected chi connectivity index (χ2v) is 8.64. The van der Waals surface area contributed by atoms with E-state index < -0.39 is 24.4 Å². The van der Waals surface area contributed by atoms with Crippen LogP contribution in [0.4, 0.5) is 8.78 Å². The molecule has 0 N–H and O–H groups in total. The van der Waals surface area contributed by atoms with Crippen LogP contribution < -0.4 is 0 Å². The van der Waals surface area contributed by atoms with Gasteiger partial charge in [-0.2, -0.15) is 0 Å². The van der Waals surface area contributed by atoms with E-state index in [9.17, 15) is 8.78 Å². The van der Waals surface area contributed by atoms with Gasteiger partial charge in [-0.15, -0.1) is 19.7 Å². The maximum absolute atomic E-state index is 13.7. The molecule has 194 valence electrons. The standard InChI is InChI=1S/C29H35F2NO4/c1-4-13-32-18-26(35-20-22-9-7-11-24(30)16-22)28(33-14-5-2)29(34-15-6-3)27(19-32)36-21-23-10-8-12-25(31)17-23/h4-12,16-17,26-29H,1-3,13-15,18-21H2/t26-,27-,28+,29+/m0/s1. The Morgan fingerprint density at radius 3 is 1.58 bits per heavy atom. The molecule has 0 radical (unpaired) electrons. The first-order valence-corrected chi connectivity index (χ1v) is 12.0. The van der Waals surface area contributed by atoms with Crippen LogP contribution in [0.3, 0.4) is 0 Å². The van der Waals surface area contributed by atoms with Gasteiger partial charge in [0, 0.05) is 19.6 Å². The minimum absolute atomic E-state index is 0.210. The third-order valence-electron chi connectivity index (χ3n) is 5.84. The van der Waals surface area contributed by atoms with E-state index >= 15 is 0 Å². The number of hydrogen-bond donors (Lipinski definition) is 0. The lowest BCUT2D eigenvalue weighted by atomic mass is 10.0. The molecule has 0 unspecified atom stereocenters.